The van der Waals surface area contributed by atoms with Gasteiger partial charge in [-0.2, -0.15) is 26.3 Å². The molecule has 1 radical (unpaired) electrons. The summed E-state index contributed by atoms with van der Waals surface area (Å²) in [4.78, 5) is 0. The molecule has 0 aliphatic rings. The predicted molar refractivity (Wildman–Crippen MR) is 31.5 cm³/mol. The maximum Gasteiger partial charge on any atom is 0.485 e. The van der Waals surface area contributed by atoms with Gasteiger partial charge in [0.1, 0.15) is 0 Å². The van der Waals surface area contributed by atoms with E-state index >= 15 is 0 Å². The minimum Gasteiger partial charge on any atom is -0.741 e. The maximum absolute atomic E-state index is 10.7. The largest absolute Gasteiger partial charge is 0.741 e. The standard InChI is InChI=1S/2CHF3O3S.La/c2*2-1(3,4)8(5,6)7;/h2*(H,5,6,7);/p-2. The summed E-state index contributed by atoms with van der Waals surface area (Å²) < 4.78 is 118. The summed E-state index contributed by atoms with van der Waals surface area (Å²) in [6, 6.07) is 0. The molecule has 0 atom stereocenters. The zero-order valence-corrected chi connectivity index (χ0v) is 12.4. The molecule has 0 aliphatic heterocycles. The SMILES string of the molecule is O=S(=O)([O-])C(F)(F)F.O=S(=O)([O-])C(F)(F)F.[La]. The van der Waals surface area contributed by atoms with Crippen molar-refractivity contribution < 1.29 is 87.9 Å². The summed E-state index contributed by atoms with van der Waals surface area (Å²) >= 11 is 0. The molecule has 17 heavy (non-hydrogen) atoms. The van der Waals surface area contributed by atoms with Crippen LogP contribution in [-0.4, -0.2) is 37.0 Å². The van der Waals surface area contributed by atoms with Crippen LogP contribution in [-0.2, 0) is 20.2 Å². The first-order chi connectivity index (χ1) is 6.50. The van der Waals surface area contributed by atoms with Crippen LogP contribution in [0.5, 0.6) is 0 Å². The molecule has 0 unspecified atom stereocenters. The van der Waals surface area contributed by atoms with Gasteiger partial charge in [-0.25, -0.2) is 16.8 Å². The smallest absolute Gasteiger partial charge is 0.485 e. The molecule has 0 rings (SSSR count). The number of halogens is 6. The van der Waals surface area contributed by atoms with E-state index in [-0.39, 0.29) is 35.6 Å². The number of hydrogen-bond donors (Lipinski definition) is 0. The van der Waals surface area contributed by atoms with Crippen molar-refractivity contribution in [3.63, 3.8) is 0 Å². The van der Waals surface area contributed by atoms with Crippen molar-refractivity contribution in [3.05, 3.63) is 0 Å². The van der Waals surface area contributed by atoms with Gasteiger partial charge in [-0.1, -0.05) is 0 Å². The van der Waals surface area contributed by atoms with Gasteiger partial charge in [-0.3, -0.25) is 0 Å². The van der Waals surface area contributed by atoms with E-state index in [2.05, 4.69) is 0 Å². The molecule has 0 amide bonds. The summed E-state index contributed by atoms with van der Waals surface area (Å²) in [7, 11) is -12.2. The van der Waals surface area contributed by atoms with Gasteiger partial charge in [0.2, 0.25) is 0 Å². The Bertz CT molecular complexity index is 374. The van der Waals surface area contributed by atoms with Crippen molar-refractivity contribution in [2.75, 3.05) is 0 Å². The summed E-state index contributed by atoms with van der Waals surface area (Å²) in [6.07, 6.45) is 0. The van der Waals surface area contributed by atoms with Crippen molar-refractivity contribution in [3.8, 4) is 0 Å². The first kappa shape index (κ1) is 22.7. The van der Waals surface area contributed by atoms with Crippen LogP contribution in [0.3, 0.4) is 0 Å². The van der Waals surface area contributed by atoms with Crippen molar-refractivity contribution in [1.82, 2.24) is 0 Å². The number of hydrogen-bond acceptors (Lipinski definition) is 6. The third kappa shape index (κ3) is 10.2. The third-order valence-electron chi connectivity index (χ3n) is 0.567. The molecule has 0 heterocycles. The molecular formula is C2F6LaO6S2-2. The normalized spacial score (nSPS) is 13.2. The molecule has 0 aromatic rings. The molecule has 0 saturated heterocycles. The van der Waals surface area contributed by atoms with Crippen LogP contribution in [0.1, 0.15) is 0 Å². The molecule has 0 N–H and O–H groups in total. The summed E-state index contributed by atoms with van der Waals surface area (Å²) in [5, 5.41) is 0. The second-order valence-corrected chi connectivity index (χ2v) is 4.54. The second kappa shape index (κ2) is 6.67. The average Bonchev–Trinajstić information content (AvgIpc) is 1.77. The Morgan fingerprint density at radius 2 is 0.706 bits per heavy atom. The van der Waals surface area contributed by atoms with Crippen molar-refractivity contribution in [2.45, 2.75) is 11.0 Å². The van der Waals surface area contributed by atoms with E-state index in [4.69, 9.17) is 25.9 Å². The van der Waals surface area contributed by atoms with Gasteiger partial charge >= 0.3 is 11.0 Å². The van der Waals surface area contributed by atoms with Gasteiger partial charge in [0.15, 0.2) is 20.2 Å². The van der Waals surface area contributed by atoms with Crippen LogP contribution < -0.4 is 0 Å². The van der Waals surface area contributed by atoms with E-state index in [0.717, 1.165) is 0 Å². The van der Waals surface area contributed by atoms with E-state index in [0.29, 0.717) is 0 Å². The Hall–Kier alpha value is 0.595. The first-order valence-corrected chi connectivity index (χ1v) is 5.36. The zero-order chi connectivity index (χ0) is 14.0. The summed E-state index contributed by atoms with van der Waals surface area (Å²) in [5.41, 5.74) is -11.3. The van der Waals surface area contributed by atoms with Crippen molar-refractivity contribution >= 4 is 20.2 Å². The van der Waals surface area contributed by atoms with Gasteiger partial charge < -0.3 is 9.11 Å². The van der Waals surface area contributed by atoms with Gasteiger partial charge in [0, 0.05) is 35.6 Å². The Kier molecular flexibility index (Phi) is 8.93. The molecule has 0 fully saturated rings. The maximum atomic E-state index is 10.7. The van der Waals surface area contributed by atoms with E-state index in [1.807, 2.05) is 0 Å². The zero-order valence-electron chi connectivity index (χ0n) is 7.11. The minimum absolute atomic E-state index is 0. The third-order valence-corrected chi connectivity index (χ3v) is 1.70. The molecule has 6 nitrogen and oxygen atoms in total. The van der Waals surface area contributed by atoms with Crippen LogP contribution in [0.25, 0.3) is 0 Å². The second-order valence-electron chi connectivity index (χ2n) is 1.80. The Balaban J connectivity index is -0.000000218. The van der Waals surface area contributed by atoms with Crippen LogP contribution in [0.4, 0.5) is 26.3 Å². The fraction of sp³-hybridized carbons (Fsp3) is 1.00. The topological polar surface area (TPSA) is 114 Å². The quantitative estimate of drug-likeness (QED) is 0.302. The van der Waals surface area contributed by atoms with Crippen LogP contribution in [0.2, 0.25) is 0 Å². The molecule has 103 valence electrons. The van der Waals surface area contributed by atoms with Gasteiger partial charge in [-0.15, -0.1) is 0 Å². The number of alkyl halides is 6. The molecule has 0 saturated carbocycles. The van der Waals surface area contributed by atoms with E-state index < -0.39 is 31.3 Å². The summed E-state index contributed by atoms with van der Waals surface area (Å²) in [6.45, 7) is 0. The molecule has 0 aliphatic carbocycles. The fourth-order valence-corrected chi connectivity index (χ4v) is 0. The Morgan fingerprint density at radius 1 is 0.647 bits per heavy atom. The van der Waals surface area contributed by atoms with Crippen molar-refractivity contribution in [2.24, 2.45) is 0 Å². The summed E-state index contributed by atoms with van der Waals surface area (Å²) in [5.74, 6) is 0. The van der Waals surface area contributed by atoms with Gasteiger partial charge in [0.25, 0.3) is 0 Å². The molecule has 0 bridgehead atoms. The van der Waals surface area contributed by atoms with Crippen LogP contribution in [0, 0.1) is 35.6 Å². The van der Waals surface area contributed by atoms with Crippen LogP contribution in [0.15, 0.2) is 0 Å². The van der Waals surface area contributed by atoms with E-state index in [9.17, 15) is 26.3 Å². The van der Waals surface area contributed by atoms with Gasteiger partial charge in [-0.05, 0) is 0 Å². The molecule has 0 aromatic heterocycles. The van der Waals surface area contributed by atoms with E-state index in [1.54, 1.807) is 0 Å². The van der Waals surface area contributed by atoms with E-state index in [1.165, 1.54) is 0 Å². The van der Waals surface area contributed by atoms with Gasteiger partial charge in [0.05, 0.1) is 0 Å². The molecule has 15 heteroatoms. The Labute approximate surface area is 118 Å². The Morgan fingerprint density at radius 3 is 0.706 bits per heavy atom. The average molecular weight is 437 g/mol. The molecule has 0 spiro atoms. The molecular weight excluding hydrogens is 437 g/mol. The molecule has 0 aromatic carbocycles. The fourth-order valence-electron chi connectivity index (χ4n) is 0. The number of rotatable bonds is 0. The first-order valence-electron chi connectivity index (χ1n) is 2.54. The predicted octanol–water partition coefficient (Wildman–Crippen LogP) is 0.103. The minimum atomic E-state index is -6.09. The van der Waals surface area contributed by atoms with Crippen LogP contribution >= 0.6 is 0 Å². The van der Waals surface area contributed by atoms with Crippen molar-refractivity contribution in [1.29, 1.82) is 0 Å². The monoisotopic (exact) mass is 437 g/mol.